The number of carbonyl (C=O) groups excluding carboxylic acids is 1. The van der Waals surface area contributed by atoms with Gasteiger partial charge in [0.1, 0.15) is 17.2 Å². The summed E-state index contributed by atoms with van der Waals surface area (Å²) in [5.41, 5.74) is 6.28. The van der Waals surface area contributed by atoms with Crippen molar-refractivity contribution in [3.05, 3.63) is 65.9 Å². The molecule has 1 fully saturated rings. The van der Waals surface area contributed by atoms with E-state index in [-0.39, 0.29) is 32.7 Å². The maximum absolute atomic E-state index is 13.7. The van der Waals surface area contributed by atoms with Gasteiger partial charge in [-0.2, -0.15) is 5.26 Å². The van der Waals surface area contributed by atoms with E-state index in [1.165, 1.54) is 18.3 Å². The molecule has 3 heterocycles. The maximum Gasteiger partial charge on any atom is 0.253 e. The Labute approximate surface area is 204 Å². The van der Waals surface area contributed by atoms with E-state index in [1.807, 2.05) is 18.7 Å². The van der Waals surface area contributed by atoms with Crippen molar-refractivity contribution >= 4 is 33.1 Å². The molecular formula is C25H26N6O3S. The van der Waals surface area contributed by atoms with Crippen molar-refractivity contribution < 1.29 is 13.2 Å². The van der Waals surface area contributed by atoms with E-state index in [9.17, 15) is 13.2 Å². The summed E-state index contributed by atoms with van der Waals surface area (Å²) in [4.78, 5) is 22.9. The number of aromatic nitrogens is 2. The number of nitrogens with one attached hydrogen (secondary N) is 1. The van der Waals surface area contributed by atoms with Gasteiger partial charge in [0.25, 0.3) is 5.91 Å². The van der Waals surface area contributed by atoms with Crippen LogP contribution in [0, 0.1) is 17.2 Å². The quantitative estimate of drug-likeness (QED) is 0.533. The van der Waals surface area contributed by atoms with Crippen LogP contribution < -0.4 is 16.0 Å². The Morgan fingerprint density at radius 3 is 2.63 bits per heavy atom. The highest BCUT2D eigenvalue weighted by Crippen LogP contribution is 2.39. The van der Waals surface area contributed by atoms with Crippen LogP contribution in [0.2, 0.25) is 0 Å². The molecule has 0 saturated carbocycles. The van der Waals surface area contributed by atoms with Gasteiger partial charge < -0.3 is 16.0 Å². The fourth-order valence-electron chi connectivity index (χ4n) is 4.61. The highest BCUT2D eigenvalue weighted by Gasteiger charge is 2.40. The van der Waals surface area contributed by atoms with Crippen LogP contribution in [0.3, 0.4) is 0 Å². The van der Waals surface area contributed by atoms with Gasteiger partial charge in [0.15, 0.2) is 5.03 Å². The molecule has 1 aliphatic rings. The van der Waals surface area contributed by atoms with Gasteiger partial charge in [-0.1, -0.05) is 19.1 Å². The molecule has 0 spiro atoms. The topological polar surface area (TPSA) is 142 Å². The third-order valence-electron chi connectivity index (χ3n) is 6.02. The first-order chi connectivity index (χ1) is 16.5. The standard InChI is InChI=1S/C25H26N6O3S/c1-16-13-25(2,3)31(15-16)24-22(23(27)32)19(10-11-28-24)35(33,34)21-9-5-8-20(30-21)29-18-7-4-6-17(12-18)14-26/h4-12,16H,13,15H2,1-3H3,(H2,27,32)(H,29,30). The molecule has 1 amide bonds. The Bertz CT molecular complexity index is 1450. The van der Waals surface area contributed by atoms with Crippen LogP contribution in [-0.4, -0.2) is 36.4 Å². The predicted molar refractivity (Wildman–Crippen MR) is 132 cm³/mol. The van der Waals surface area contributed by atoms with Crippen molar-refractivity contribution in [1.82, 2.24) is 9.97 Å². The Morgan fingerprint density at radius 1 is 1.23 bits per heavy atom. The van der Waals surface area contributed by atoms with Gasteiger partial charge in [-0.05, 0) is 62.6 Å². The van der Waals surface area contributed by atoms with Gasteiger partial charge in [0, 0.05) is 24.0 Å². The Balaban J connectivity index is 1.77. The van der Waals surface area contributed by atoms with Gasteiger partial charge in [0.05, 0.1) is 16.5 Å². The third kappa shape index (κ3) is 4.68. The Morgan fingerprint density at radius 2 is 1.97 bits per heavy atom. The van der Waals surface area contributed by atoms with Gasteiger partial charge in [-0.3, -0.25) is 4.79 Å². The van der Waals surface area contributed by atoms with E-state index in [2.05, 4.69) is 28.3 Å². The zero-order valence-electron chi connectivity index (χ0n) is 19.7. The number of carbonyl (C=O) groups is 1. The molecular weight excluding hydrogens is 464 g/mol. The van der Waals surface area contributed by atoms with Crippen LogP contribution in [0.4, 0.5) is 17.3 Å². The van der Waals surface area contributed by atoms with Crippen LogP contribution >= 0.6 is 0 Å². The highest BCUT2D eigenvalue weighted by molar-refractivity contribution is 7.91. The summed E-state index contributed by atoms with van der Waals surface area (Å²) in [6.07, 6.45) is 2.25. The lowest BCUT2D eigenvalue weighted by atomic mass is 9.97. The Hall–Kier alpha value is -3.97. The van der Waals surface area contributed by atoms with E-state index in [1.54, 1.807) is 36.4 Å². The SMILES string of the molecule is CC1CN(c2nccc(S(=O)(=O)c3cccc(Nc4cccc(C#N)c4)n3)c2C(N)=O)C(C)(C)C1. The predicted octanol–water partition coefficient (Wildman–Crippen LogP) is 3.65. The van der Waals surface area contributed by atoms with Crippen LogP contribution in [0.25, 0.3) is 0 Å². The van der Waals surface area contributed by atoms with Crippen molar-refractivity contribution in [2.45, 2.75) is 42.7 Å². The van der Waals surface area contributed by atoms with Crippen LogP contribution in [-0.2, 0) is 9.84 Å². The second kappa shape index (κ2) is 9.00. The number of nitrogens with two attached hydrogens (primary N) is 1. The summed E-state index contributed by atoms with van der Waals surface area (Å²) in [6.45, 7) is 6.79. The molecule has 10 heteroatoms. The molecule has 4 rings (SSSR count). The summed E-state index contributed by atoms with van der Waals surface area (Å²) in [7, 11) is -4.22. The van der Waals surface area contributed by atoms with Gasteiger partial charge >= 0.3 is 0 Å². The number of amides is 1. The van der Waals surface area contributed by atoms with E-state index < -0.39 is 15.7 Å². The number of pyridine rings is 2. The molecule has 0 bridgehead atoms. The summed E-state index contributed by atoms with van der Waals surface area (Å²) >= 11 is 0. The number of benzene rings is 1. The minimum absolute atomic E-state index is 0.142. The molecule has 1 atom stereocenters. The van der Waals surface area contributed by atoms with E-state index in [4.69, 9.17) is 11.0 Å². The van der Waals surface area contributed by atoms with Gasteiger partial charge in [0.2, 0.25) is 9.84 Å². The summed E-state index contributed by atoms with van der Waals surface area (Å²) in [5, 5.41) is 11.9. The lowest BCUT2D eigenvalue weighted by molar-refractivity contribution is 0.0997. The number of anilines is 3. The molecule has 9 nitrogen and oxygen atoms in total. The van der Waals surface area contributed by atoms with Crippen molar-refractivity contribution in [1.29, 1.82) is 5.26 Å². The third-order valence-corrected chi connectivity index (χ3v) is 7.72. The maximum atomic E-state index is 13.7. The molecule has 35 heavy (non-hydrogen) atoms. The first-order valence-corrected chi connectivity index (χ1v) is 12.6. The number of nitrogens with zero attached hydrogens (tertiary/aromatic N) is 4. The molecule has 1 saturated heterocycles. The van der Waals surface area contributed by atoms with Crippen molar-refractivity contribution in [2.75, 3.05) is 16.8 Å². The zero-order valence-corrected chi connectivity index (χ0v) is 20.5. The van der Waals surface area contributed by atoms with Crippen LogP contribution in [0.1, 0.15) is 43.1 Å². The molecule has 0 radical (unpaired) electrons. The second-order valence-corrected chi connectivity index (χ2v) is 11.2. The summed E-state index contributed by atoms with van der Waals surface area (Å²) < 4.78 is 27.3. The van der Waals surface area contributed by atoms with Crippen LogP contribution in [0.5, 0.6) is 0 Å². The molecule has 180 valence electrons. The summed E-state index contributed by atoms with van der Waals surface area (Å²) in [6, 6.07) is 14.6. The number of hydrogen-bond donors (Lipinski definition) is 2. The largest absolute Gasteiger partial charge is 0.365 e. The van der Waals surface area contributed by atoms with E-state index in [0.29, 0.717) is 23.7 Å². The number of rotatable bonds is 6. The molecule has 3 N–H and O–H groups in total. The number of primary amides is 1. The molecule has 1 unspecified atom stereocenters. The molecule has 0 aliphatic carbocycles. The zero-order chi connectivity index (χ0) is 25.4. The normalized spacial score (nSPS) is 17.1. The lowest BCUT2D eigenvalue weighted by Gasteiger charge is -2.33. The van der Waals surface area contributed by atoms with Crippen LogP contribution in [0.15, 0.2) is 64.6 Å². The van der Waals surface area contributed by atoms with Crippen molar-refractivity contribution in [2.24, 2.45) is 11.7 Å². The molecule has 1 aromatic carbocycles. The summed E-state index contributed by atoms with van der Waals surface area (Å²) in [5.74, 6) is 0.00228. The number of hydrogen-bond acceptors (Lipinski definition) is 8. The monoisotopic (exact) mass is 490 g/mol. The molecule has 2 aromatic heterocycles. The van der Waals surface area contributed by atoms with Crippen molar-refractivity contribution in [3.8, 4) is 6.07 Å². The molecule has 3 aromatic rings. The fourth-order valence-corrected chi connectivity index (χ4v) is 6.02. The van der Waals surface area contributed by atoms with Crippen molar-refractivity contribution in [3.63, 3.8) is 0 Å². The molecule has 1 aliphatic heterocycles. The van der Waals surface area contributed by atoms with Gasteiger partial charge in [-0.25, -0.2) is 18.4 Å². The van der Waals surface area contributed by atoms with E-state index >= 15 is 0 Å². The van der Waals surface area contributed by atoms with E-state index in [0.717, 1.165) is 6.42 Å². The fraction of sp³-hybridized carbons (Fsp3) is 0.280. The average Bonchev–Trinajstić information content (AvgIpc) is 3.10. The highest BCUT2D eigenvalue weighted by atomic mass is 32.2. The first kappa shape index (κ1) is 24.2. The Kier molecular flexibility index (Phi) is 6.21. The van der Waals surface area contributed by atoms with Gasteiger partial charge in [-0.15, -0.1) is 0 Å². The lowest BCUT2D eigenvalue weighted by Crippen LogP contribution is -2.40. The first-order valence-electron chi connectivity index (χ1n) is 11.1. The average molecular weight is 491 g/mol. The minimum atomic E-state index is -4.22. The minimum Gasteiger partial charge on any atom is -0.365 e. The number of sulfone groups is 1. The second-order valence-electron chi connectivity index (χ2n) is 9.29. The number of nitriles is 1. The smallest absolute Gasteiger partial charge is 0.253 e.